The largest absolute Gasteiger partial charge is 0.385 e. The minimum Gasteiger partial charge on any atom is -0.385 e. The summed E-state index contributed by atoms with van der Waals surface area (Å²) in [6, 6.07) is 0. The predicted octanol–water partition coefficient (Wildman–Crippen LogP) is 0.770. The Morgan fingerprint density at radius 3 is 3.39 bits per heavy atom. The first-order valence-electron chi connectivity index (χ1n) is 6.35. The van der Waals surface area contributed by atoms with Gasteiger partial charge >= 0.3 is 0 Å². The molecule has 0 saturated carbocycles. The monoisotopic (exact) mass is 252 g/mol. The van der Waals surface area contributed by atoms with Crippen LogP contribution < -0.4 is 0 Å². The number of ether oxygens (including phenoxy) is 2. The average molecular weight is 252 g/mol. The Hall–Kier alpha value is -1.27. The van der Waals surface area contributed by atoms with Crippen LogP contribution in [-0.4, -0.2) is 54.7 Å². The lowest BCUT2D eigenvalue weighted by Gasteiger charge is -2.05. The maximum atomic E-state index is 5.34. The SMILES string of the molecule is COCCCN=Cc1cn(C[C@H]2CCOC2)nn1. The summed E-state index contributed by atoms with van der Waals surface area (Å²) in [5.41, 5.74) is 0.811. The van der Waals surface area contributed by atoms with Crippen LogP contribution >= 0.6 is 0 Å². The zero-order valence-corrected chi connectivity index (χ0v) is 10.8. The summed E-state index contributed by atoms with van der Waals surface area (Å²) < 4.78 is 12.2. The van der Waals surface area contributed by atoms with Crippen LogP contribution in [-0.2, 0) is 16.0 Å². The molecule has 18 heavy (non-hydrogen) atoms. The number of hydrogen-bond acceptors (Lipinski definition) is 5. The molecule has 6 heteroatoms. The van der Waals surface area contributed by atoms with Gasteiger partial charge in [-0.15, -0.1) is 5.10 Å². The zero-order valence-electron chi connectivity index (χ0n) is 10.8. The third-order valence-electron chi connectivity index (χ3n) is 2.88. The quantitative estimate of drug-likeness (QED) is 0.531. The Morgan fingerprint density at radius 2 is 2.61 bits per heavy atom. The van der Waals surface area contributed by atoms with Crippen molar-refractivity contribution < 1.29 is 9.47 Å². The van der Waals surface area contributed by atoms with E-state index >= 15 is 0 Å². The molecule has 0 amide bonds. The molecule has 1 fully saturated rings. The molecule has 1 atom stereocenters. The van der Waals surface area contributed by atoms with Crippen LogP contribution in [0.2, 0.25) is 0 Å². The van der Waals surface area contributed by atoms with E-state index in [1.165, 1.54) is 0 Å². The Labute approximate surface area is 107 Å². The number of aromatic nitrogens is 3. The molecular weight excluding hydrogens is 232 g/mol. The molecule has 1 aliphatic rings. The maximum absolute atomic E-state index is 5.34. The third kappa shape index (κ3) is 4.19. The highest BCUT2D eigenvalue weighted by atomic mass is 16.5. The number of methoxy groups -OCH3 is 1. The first-order chi connectivity index (χ1) is 8.88. The van der Waals surface area contributed by atoms with Gasteiger partial charge in [-0.25, -0.2) is 0 Å². The van der Waals surface area contributed by atoms with E-state index in [0.717, 1.165) is 51.4 Å². The Balaban J connectivity index is 1.74. The van der Waals surface area contributed by atoms with Crippen LogP contribution in [0.25, 0.3) is 0 Å². The molecule has 100 valence electrons. The van der Waals surface area contributed by atoms with E-state index in [9.17, 15) is 0 Å². The number of aliphatic imine (C=N–C) groups is 1. The Morgan fingerprint density at radius 1 is 1.67 bits per heavy atom. The van der Waals surface area contributed by atoms with Gasteiger partial charge in [0, 0.05) is 39.3 Å². The molecule has 1 saturated heterocycles. The minimum atomic E-state index is 0.568. The van der Waals surface area contributed by atoms with Gasteiger partial charge in [-0.3, -0.25) is 9.67 Å². The zero-order chi connectivity index (χ0) is 12.6. The van der Waals surface area contributed by atoms with Gasteiger partial charge in [0.25, 0.3) is 0 Å². The van der Waals surface area contributed by atoms with Gasteiger partial charge in [-0.1, -0.05) is 5.21 Å². The molecule has 0 bridgehead atoms. The van der Waals surface area contributed by atoms with Crippen molar-refractivity contribution >= 4 is 6.21 Å². The Bertz CT molecular complexity index is 372. The predicted molar refractivity (Wildman–Crippen MR) is 67.9 cm³/mol. The fraction of sp³-hybridized carbons (Fsp3) is 0.750. The fourth-order valence-corrected chi connectivity index (χ4v) is 1.91. The smallest absolute Gasteiger partial charge is 0.123 e. The number of rotatable bonds is 7. The van der Waals surface area contributed by atoms with Crippen LogP contribution in [0.15, 0.2) is 11.2 Å². The summed E-state index contributed by atoms with van der Waals surface area (Å²) in [7, 11) is 1.70. The van der Waals surface area contributed by atoms with Crippen LogP contribution in [0.4, 0.5) is 0 Å². The molecule has 0 N–H and O–H groups in total. The second-order valence-electron chi connectivity index (χ2n) is 4.48. The summed E-state index contributed by atoms with van der Waals surface area (Å²) in [5, 5.41) is 8.16. The van der Waals surface area contributed by atoms with E-state index in [4.69, 9.17) is 9.47 Å². The van der Waals surface area contributed by atoms with Crippen LogP contribution in [0.5, 0.6) is 0 Å². The van der Waals surface area contributed by atoms with E-state index in [1.807, 2.05) is 10.9 Å². The topological polar surface area (TPSA) is 61.5 Å². The third-order valence-corrected chi connectivity index (χ3v) is 2.88. The molecule has 0 radical (unpaired) electrons. The normalized spacial score (nSPS) is 19.9. The summed E-state index contributed by atoms with van der Waals surface area (Å²) in [5.74, 6) is 0.568. The number of nitrogens with zero attached hydrogens (tertiary/aromatic N) is 4. The molecule has 1 aromatic heterocycles. The molecule has 0 aromatic carbocycles. The Kier molecular flexibility index (Phi) is 5.29. The van der Waals surface area contributed by atoms with Crippen molar-refractivity contribution in [2.45, 2.75) is 19.4 Å². The van der Waals surface area contributed by atoms with Gasteiger partial charge < -0.3 is 9.47 Å². The van der Waals surface area contributed by atoms with E-state index in [0.29, 0.717) is 5.92 Å². The molecule has 0 unspecified atom stereocenters. The molecular formula is C12H20N4O2. The van der Waals surface area contributed by atoms with Crippen molar-refractivity contribution in [2.75, 3.05) is 33.5 Å². The van der Waals surface area contributed by atoms with Gasteiger partial charge in [-0.05, 0) is 12.8 Å². The lowest BCUT2D eigenvalue weighted by atomic mass is 10.1. The van der Waals surface area contributed by atoms with Crippen molar-refractivity contribution in [3.8, 4) is 0 Å². The first-order valence-corrected chi connectivity index (χ1v) is 6.35. The molecule has 6 nitrogen and oxygen atoms in total. The molecule has 1 aliphatic heterocycles. The standard InChI is InChI=1S/C12H20N4O2/c1-17-5-2-4-13-7-12-9-16(15-14-12)8-11-3-6-18-10-11/h7,9,11H,2-6,8,10H2,1H3/t11-/m1/s1. The van der Waals surface area contributed by atoms with E-state index < -0.39 is 0 Å². The average Bonchev–Trinajstić information content (AvgIpc) is 3.02. The van der Waals surface area contributed by atoms with Crippen molar-refractivity contribution in [3.05, 3.63) is 11.9 Å². The van der Waals surface area contributed by atoms with Crippen molar-refractivity contribution in [1.82, 2.24) is 15.0 Å². The lowest BCUT2D eigenvalue weighted by molar-refractivity contribution is 0.181. The maximum Gasteiger partial charge on any atom is 0.123 e. The molecule has 1 aromatic rings. The summed E-state index contributed by atoms with van der Waals surface area (Å²) in [4.78, 5) is 4.28. The van der Waals surface area contributed by atoms with E-state index in [1.54, 1.807) is 13.3 Å². The van der Waals surface area contributed by atoms with Gasteiger partial charge in [-0.2, -0.15) is 0 Å². The molecule has 2 rings (SSSR count). The number of hydrogen-bond donors (Lipinski definition) is 0. The highest BCUT2D eigenvalue weighted by molar-refractivity contribution is 5.76. The highest BCUT2D eigenvalue weighted by Gasteiger charge is 2.16. The van der Waals surface area contributed by atoms with Gasteiger partial charge in [0.05, 0.1) is 19.0 Å². The highest BCUT2D eigenvalue weighted by Crippen LogP contribution is 2.13. The van der Waals surface area contributed by atoms with E-state index in [2.05, 4.69) is 15.3 Å². The first kappa shape index (κ1) is 13.2. The van der Waals surface area contributed by atoms with E-state index in [-0.39, 0.29) is 0 Å². The van der Waals surface area contributed by atoms with Crippen LogP contribution in [0, 0.1) is 5.92 Å². The van der Waals surface area contributed by atoms with Gasteiger partial charge in [0.1, 0.15) is 5.69 Å². The molecule has 0 spiro atoms. The van der Waals surface area contributed by atoms with Gasteiger partial charge in [0.15, 0.2) is 0 Å². The molecule has 2 heterocycles. The lowest BCUT2D eigenvalue weighted by Crippen LogP contribution is -2.11. The van der Waals surface area contributed by atoms with Crippen molar-refractivity contribution in [3.63, 3.8) is 0 Å². The van der Waals surface area contributed by atoms with Crippen molar-refractivity contribution in [1.29, 1.82) is 0 Å². The van der Waals surface area contributed by atoms with Gasteiger partial charge in [0.2, 0.25) is 0 Å². The molecule has 0 aliphatic carbocycles. The summed E-state index contributed by atoms with van der Waals surface area (Å²) in [6.45, 7) is 4.08. The van der Waals surface area contributed by atoms with Crippen LogP contribution in [0.3, 0.4) is 0 Å². The summed E-state index contributed by atoms with van der Waals surface area (Å²) >= 11 is 0. The minimum absolute atomic E-state index is 0.568. The summed E-state index contributed by atoms with van der Waals surface area (Å²) in [6.07, 6.45) is 5.74. The van der Waals surface area contributed by atoms with Crippen LogP contribution in [0.1, 0.15) is 18.5 Å². The second-order valence-corrected chi connectivity index (χ2v) is 4.48. The fourth-order valence-electron chi connectivity index (χ4n) is 1.91. The van der Waals surface area contributed by atoms with Crippen molar-refractivity contribution in [2.24, 2.45) is 10.9 Å². The second kappa shape index (κ2) is 7.23.